The van der Waals surface area contributed by atoms with Crippen molar-refractivity contribution < 1.29 is 133 Å². The SMILES string of the molecule is C=C(Br)C([O-])=Nc1ccc(S(=O)(=O)[O-])c(Nc2nc(Cl)nc(-c3ccc(S(=O)(=O)[O-])cc3S(=O)(=O)O)n2)c1.[Na+].[Na+].[Na+]. The van der Waals surface area contributed by atoms with Gasteiger partial charge in [0.2, 0.25) is 11.2 Å². The van der Waals surface area contributed by atoms with E-state index in [1.807, 2.05) is 0 Å². The molecule has 2 N–H and O–H groups in total. The molecule has 202 valence electrons. The summed E-state index contributed by atoms with van der Waals surface area (Å²) < 4.78 is 102. The number of nitrogens with one attached hydrogen (secondary N) is 1. The largest absolute Gasteiger partial charge is 1.00 e. The molecule has 0 unspecified atom stereocenters. The normalized spacial score (nSPS) is 11.9. The van der Waals surface area contributed by atoms with E-state index in [0.717, 1.165) is 30.3 Å². The van der Waals surface area contributed by atoms with Crippen molar-refractivity contribution >= 4 is 81.1 Å². The molecule has 3 rings (SSSR count). The number of benzene rings is 2. The van der Waals surface area contributed by atoms with Crippen LogP contribution in [0.15, 0.2) is 67.1 Å². The maximum Gasteiger partial charge on any atom is 1.00 e. The van der Waals surface area contributed by atoms with E-state index in [2.05, 4.69) is 47.8 Å². The van der Waals surface area contributed by atoms with E-state index < -0.39 is 79.2 Å². The smallest absolute Gasteiger partial charge is 0.858 e. The van der Waals surface area contributed by atoms with Gasteiger partial charge in [-0.25, -0.2) is 16.8 Å². The summed E-state index contributed by atoms with van der Waals surface area (Å²) >= 11 is 8.72. The second kappa shape index (κ2) is 15.8. The predicted molar refractivity (Wildman–Crippen MR) is 131 cm³/mol. The first kappa shape index (κ1) is 41.0. The van der Waals surface area contributed by atoms with Crippen LogP contribution in [0.3, 0.4) is 0 Å². The molecule has 0 aliphatic heterocycles. The van der Waals surface area contributed by atoms with Gasteiger partial charge in [-0.1, -0.05) is 22.5 Å². The van der Waals surface area contributed by atoms with Crippen LogP contribution in [0.5, 0.6) is 0 Å². The van der Waals surface area contributed by atoms with Gasteiger partial charge >= 0.3 is 88.7 Å². The average molecular weight is 737 g/mol. The predicted octanol–water partition coefficient (Wildman–Crippen LogP) is -7.70. The molecule has 0 saturated heterocycles. The van der Waals surface area contributed by atoms with Crippen LogP contribution in [0.25, 0.3) is 11.4 Å². The Hall–Kier alpha value is -0.0400. The zero-order valence-corrected chi connectivity index (χ0v) is 31.9. The third kappa shape index (κ3) is 11.1. The molecule has 1 heterocycles. The number of aromatic nitrogens is 3. The van der Waals surface area contributed by atoms with E-state index >= 15 is 0 Å². The molecule has 0 atom stereocenters. The van der Waals surface area contributed by atoms with Gasteiger partial charge in [0.05, 0.1) is 21.2 Å². The van der Waals surface area contributed by atoms with Crippen molar-refractivity contribution in [1.29, 1.82) is 0 Å². The van der Waals surface area contributed by atoms with Crippen molar-refractivity contribution in [3.05, 3.63) is 52.7 Å². The Bertz CT molecular complexity index is 1850. The molecular weight excluding hydrogens is 727 g/mol. The van der Waals surface area contributed by atoms with Gasteiger partial charge in [0.25, 0.3) is 10.1 Å². The second-order valence-electron chi connectivity index (χ2n) is 6.92. The molecule has 0 aliphatic rings. The van der Waals surface area contributed by atoms with Gasteiger partial charge in [0, 0.05) is 15.9 Å². The van der Waals surface area contributed by atoms with Crippen LogP contribution in [-0.4, -0.2) is 59.8 Å². The van der Waals surface area contributed by atoms with Gasteiger partial charge in [-0.2, -0.15) is 23.4 Å². The first-order valence-electron chi connectivity index (χ1n) is 9.33. The summed E-state index contributed by atoms with van der Waals surface area (Å²) in [6.45, 7) is 3.35. The standard InChI is InChI=1S/C18H13BrClN5O10S3.3Na/c1-8(19)16(26)21-9-2-5-13(37(30,31)32)12(6-9)22-18-24-15(23-17(20)25-18)11-4-3-10(36(27,28)29)7-14(11)38(33,34)35;;;/h2-7H,1H2,(H,21,26)(H,27,28,29)(H,30,31,32)(H,33,34,35)(H,22,23,24,25);;;/q;3*+1/p-3. The molecule has 15 nitrogen and oxygen atoms in total. The maximum atomic E-state index is 11.9. The molecule has 3 aromatic rings. The second-order valence-corrected chi connectivity index (χ2v) is 12.3. The van der Waals surface area contributed by atoms with Crippen LogP contribution < -0.4 is 99.1 Å². The summed E-state index contributed by atoms with van der Waals surface area (Å²) in [7, 11) is -15.4. The minimum Gasteiger partial charge on any atom is -0.858 e. The van der Waals surface area contributed by atoms with Crippen LogP contribution >= 0.6 is 27.5 Å². The number of nitrogens with zero attached hydrogens (tertiary/aromatic N) is 4. The number of hydrogen-bond acceptors (Lipinski definition) is 14. The number of aliphatic imine (C=N–C) groups is 1. The number of rotatable bonds is 8. The molecule has 23 heteroatoms. The topological polar surface area (TPSA) is 255 Å². The van der Waals surface area contributed by atoms with Crippen LogP contribution in [-0.2, 0) is 30.4 Å². The fraction of sp³-hybridized carbons (Fsp3) is 0. The van der Waals surface area contributed by atoms with Gasteiger partial charge in [0.15, 0.2) is 5.82 Å². The Morgan fingerprint density at radius 2 is 1.54 bits per heavy atom. The maximum absolute atomic E-state index is 11.9. The molecule has 2 aromatic carbocycles. The van der Waals surface area contributed by atoms with E-state index in [0.29, 0.717) is 6.07 Å². The third-order valence-electron chi connectivity index (χ3n) is 4.31. The molecule has 0 radical (unpaired) electrons. The van der Waals surface area contributed by atoms with Crippen molar-refractivity contribution in [2.45, 2.75) is 14.7 Å². The molecule has 0 aliphatic carbocycles. The Labute approximate surface area is 313 Å². The molecule has 0 bridgehead atoms. The zero-order valence-electron chi connectivity index (χ0n) is 21.1. The molecule has 1 aromatic heterocycles. The van der Waals surface area contributed by atoms with Crippen LogP contribution in [0, 0.1) is 0 Å². The first-order chi connectivity index (χ1) is 17.4. The Morgan fingerprint density at radius 1 is 0.927 bits per heavy atom. The van der Waals surface area contributed by atoms with Crippen LogP contribution in [0.1, 0.15) is 0 Å². The third-order valence-corrected chi connectivity index (χ3v) is 7.44. The van der Waals surface area contributed by atoms with E-state index in [9.17, 15) is 44.0 Å². The van der Waals surface area contributed by atoms with E-state index in [-0.39, 0.29) is 98.8 Å². The van der Waals surface area contributed by atoms with Crippen molar-refractivity contribution in [3.8, 4) is 11.4 Å². The number of hydrogen-bond donors (Lipinski definition) is 2. The molecule has 0 amide bonds. The average Bonchev–Trinajstić information content (AvgIpc) is 2.76. The summed E-state index contributed by atoms with van der Waals surface area (Å²) in [5, 5.41) is 13.6. The molecule has 41 heavy (non-hydrogen) atoms. The molecule has 0 saturated carbocycles. The van der Waals surface area contributed by atoms with Gasteiger partial charge < -0.3 is 19.5 Å². The van der Waals surface area contributed by atoms with Crippen molar-refractivity contribution in [1.82, 2.24) is 15.0 Å². The van der Waals surface area contributed by atoms with Gasteiger partial charge in [-0.05, 0) is 48.0 Å². The van der Waals surface area contributed by atoms with Gasteiger partial charge in [-0.15, -0.1) is 0 Å². The first-order valence-corrected chi connectivity index (χ1v) is 14.8. The van der Waals surface area contributed by atoms with E-state index in [1.165, 1.54) is 0 Å². The summed E-state index contributed by atoms with van der Waals surface area (Å²) in [4.78, 5) is 12.1. The van der Waals surface area contributed by atoms with Gasteiger partial charge in [0.1, 0.15) is 25.1 Å². The number of halogens is 2. The summed E-state index contributed by atoms with van der Waals surface area (Å²) in [5.74, 6) is -1.95. The summed E-state index contributed by atoms with van der Waals surface area (Å²) in [5.41, 5.74) is -1.10. The van der Waals surface area contributed by atoms with Gasteiger partial charge in [-0.3, -0.25) is 9.55 Å². The van der Waals surface area contributed by atoms with Crippen molar-refractivity contribution in [2.75, 3.05) is 5.32 Å². The zero-order chi connectivity index (χ0) is 28.6. The monoisotopic (exact) mass is 735 g/mol. The van der Waals surface area contributed by atoms with E-state index in [4.69, 9.17) is 11.6 Å². The van der Waals surface area contributed by atoms with Crippen molar-refractivity contribution in [3.63, 3.8) is 0 Å². The fourth-order valence-electron chi connectivity index (χ4n) is 2.78. The fourth-order valence-corrected chi connectivity index (χ4v) is 4.93. The van der Waals surface area contributed by atoms with Crippen LogP contribution in [0.2, 0.25) is 5.28 Å². The molecule has 0 fully saturated rings. The molecule has 0 spiro atoms. The quantitative estimate of drug-likeness (QED) is 0.0943. The van der Waals surface area contributed by atoms with E-state index in [1.54, 1.807) is 0 Å². The minimum atomic E-state index is -5.14. The summed E-state index contributed by atoms with van der Waals surface area (Å²) in [6, 6.07) is 4.77. The van der Waals surface area contributed by atoms with Crippen molar-refractivity contribution in [2.24, 2.45) is 4.99 Å². The molecular formula is C18H10BrClN5Na3O10S3. The Balaban J connectivity index is 0.00000533. The Morgan fingerprint density at radius 3 is 2.05 bits per heavy atom. The Kier molecular flexibility index (Phi) is 15.8. The van der Waals surface area contributed by atoms with Crippen LogP contribution in [0.4, 0.5) is 17.3 Å². The summed E-state index contributed by atoms with van der Waals surface area (Å²) in [6.07, 6.45) is 0. The minimum absolute atomic E-state index is 0. The number of anilines is 2.